The summed E-state index contributed by atoms with van der Waals surface area (Å²) in [5.74, 6) is 0. The second kappa shape index (κ2) is 7.31. The van der Waals surface area contributed by atoms with Gasteiger partial charge < -0.3 is 10.1 Å². The molecule has 5 nitrogen and oxygen atoms in total. The monoisotopic (exact) mass is 272 g/mol. The Morgan fingerprint density at radius 1 is 1.56 bits per heavy atom. The zero-order valence-electron chi connectivity index (χ0n) is 10.5. The van der Waals surface area contributed by atoms with E-state index in [9.17, 15) is 10.1 Å². The van der Waals surface area contributed by atoms with Crippen LogP contribution in [0.2, 0.25) is 5.02 Å². The first-order valence-corrected chi connectivity index (χ1v) is 6.17. The van der Waals surface area contributed by atoms with Gasteiger partial charge in [-0.25, -0.2) is 0 Å². The molecule has 1 unspecified atom stereocenters. The summed E-state index contributed by atoms with van der Waals surface area (Å²) in [4.78, 5) is 10.2. The van der Waals surface area contributed by atoms with Gasteiger partial charge in [0.2, 0.25) is 0 Å². The van der Waals surface area contributed by atoms with Gasteiger partial charge in [0.25, 0.3) is 5.69 Å². The van der Waals surface area contributed by atoms with Gasteiger partial charge in [-0.2, -0.15) is 0 Å². The SMILES string of the molecule is CCOC(C)CNCc1cc([N+](=O)[O-])ccc1Cl. The molecule has 1 rings (SSSR count). The van der Waals surface area contributed by atoms with Crippen LogP contribution in [0, 0.1) is 10.1 Å². The highest BCUT2D eigenvalue weighted by Crippen LogP contribution is 2.21. The third-order valence-corrected chi connectivity index (χ3v) is 2.81. The van der Waals surface area contributed by atoms with E-state index in [4.69, 9.17) is 16.3 Å². The molecule has 1 N–H and O–H groups in total. The van der Waals surface area contributed by atoms with E-state index in [1.165, 1.54) is 12.1 Å². The van der Waals surface area contributed by atoms with Gasteiger partial charge in [0, 0.05) is 36.9 Å². The molecule has 6 heteroatoms. The lowest BCUT2D eigenvalue weighted by molar-refractivity contribution is -0.384. The van der Waals surface area contributed by atoms with Crippen LogP contribution in [-0.4, -0.2) is 24.2 Å². The molecule has 0 saturated carbocycles. The Bertz CT molecular complexity index is 412. The number of nitrogens with one attached hydrogen (secondary N) is 1. The number of nitro benzene ring substituents is 1. The zero-order valence-corrected chi connectivity index (χ0v) is 11.2. The first-order valence-electron chi connectivity index (χ1n) is 5.79. The maximum Gasteiger partial charge on any atom is 0.269 e. The highest BCUT2D eigenvalue weighted by Gasteiger charge is 2.09. The minimum Gasteiger partial charge on any atom is -0.377 e. The molecular weight excluding hydrogens is 256 g/mol. The third-order valence-electron chi connectivity index (χ3n) is 2.44. The smallest absolute Gasteiger partial charge is 0.269 e. The zero-order chi connectivity index (χ0) is 13.5. The number of ether oxygens (including phenoxy) is 1. The lowest BCUT2D eigenvalue weighted by Crippen LogP contribution is -2.26. The predicted molar refractivity (Wildman–Crippen MR) is 70.9 cm³/mol. The van der Waals surface area contributed by atoms with Crippen LogP contribution < -0.4 is 5.32 Å². The normalized spacial score (nSPS) is 12.4. The van der Waals surface area contributed by atoms with Crippen LogP contribution in [0.5, 0.6) is 0 Å². The lowest BCUT2D eigenvalue weighted by Gasteiger charge is -2.13. The van der Waals surface area contributed by atoms with Crippen molar-refractivity contribution in [1.82, 2.24) is 5.32 Å². The fraction of sp³-hybridized carbons (Fsp3) is 0.500. The molecule has 18 heavy (non-hydrogen) atoms. The minimum atomic E-state index is -0.428. The van der Waals surface area contributed by atoms with E-state index in [1.54, 1.807) is 6.07 Å². The maximum atomic E-state index is 10.7. The predicted octanol–water partition coefficient (Wildman–Crippen LogP) is 2.76. The first-order chi connectivity index (χ1) is 8.54. The molecule has 0 aliphatic heterocycles. The molecule has 0 aromatic heterocycles. The van der Waals surface area contributed by atoms with Crippen LogP contribution in [0.15, 0.2) is 18.2 Å². The molecule has 0 aliphatic carbocycles. The van der Waals surface area contributed by atoms with Crippen molar-refractivity contribution in [2.24, 2.45) is 0 Å². The highest BCUT2D eigenvalue weighted by atomic mass is 35.5. The van der Waals surface area contributed by atoms with E-state index < -0.39 is 4.92 Å². The van der Waals surface area contributed by atoms with Crippen LogP contribution in [0.1, 0.15) is 19.4 Å². The fourth-order valence-electron chi connectivity index (χ4n) is 1.56. The van der Waals surface area contributed by atoms with Crippen LogP contribution >= 0.6 is 11.6 Å². The van der Waals surface area contributed by atoms with Gasteiger partial charge in [-0.05, 0) is 25.5 Å². The molecule has 0 spiro atoms. The van der Waals surface area contributed by atoms with Crippen LogP contribution in [0.4, 0.5) is 5.69 Å². The summed E-state index contributed by atoms with van der Waals surface area (Å²) in [6, 6.07) is 4.43. The topological polar surface area (TPSA) is 64.4 Å². The first kappa shape index (κ1) is 14.9. The van der Waals surface area contributed by atoms with E-state index in [-0.39, 0.29) is 11.8 Å². The molecule has 0 amide bonds. The quantitative estimate of drug-likeness (QED) is 0.612. The number of hydrogen-bond acceptors (Lipinski definition) is 4. The summed E-state index contributed by atoms with van der Waals surface area (Å²) in [6.07, 6.45) is 0.104. The van der Waals surface area contributed by atoms with Crippen LogP contribution in [-0.2, 0) is 11.3 Å². The Balaban J connectivity index is 2.56. The Labute approximate surface area is 111 Å². The molecule has 0 heterocycles. The van der Waals surface area contributed by atoms with Gasteiger partial charge in [0.1, 0.15) is 0 Å². The average molecular weight is 273 g/mol. The Morgan fingerprint density at radius 3 is 2.89 bits per heavy atom. The molecule has 0 saturated heterocycles. The molecule has 1 atom stereocenters. The second-order valence-corrected chi connectivity index (χ2v) is 4.34. The molecule has 0 fully saturated rings. The number of halogens is 1. The summed E-state index contributed by atoms with van der Waals surface area (Å²) in [5, 5.41) is 14.3. The largest absolute Gasteiger partial charge is 0.377 e. The number of benzene rings is 1. The van der Waals surface area contributed by atoms with Gasteiger partial charge in [-0.3, -0.25) is 10.1 Å². The standard InChI is InChI=1S/C12H17ClN2O3/c1-3-18-9(2)7-14-8-10-6-11(15(16)17)4-5-12(10)13/h4-6,9,14H,3,7-8H2,1-2H3. The van der Waals surface area contributed by atoms with Crippen molar-refractivity contribution in [3.63, 3.8) is 0 Å². The average Bonchev–Trinajstić information content (AvgIpc) is 2.31. The van der Waals surface area contributed by atoms with Gasteiger partial charge >= 0.3 is 0 Å². The van der Waals surface area contributed by atoms with Crippen molar-refractivity contribution < 1.29 is 9.66 Å². The number of hydrogen-bond donors (Lipinski definition) is 1. The number of rotatable bonds is 7. The fourth-order valence-corrected chi connectivity index (χ4v) is 1.75. The lowest BCUT2D eigenvalue weighted by atomic mass is 10.2. The van der Waals surface area contributed by atoms with Gasteiger partial charge in [0.15, 0.2) is 0 Å². The van der Waals surface area contributed by atoms with E-state index >= 15 is 0 Å². The Kier molecular flexibility index (Phi) is 6.04. The van der Waals surface area contributed by atoms with Crippen molar-refractivity contribution in [1.29, 1.82) is 0 Å². The highest BCUT2D eigenvalue weighted by molar-refractivity contribution is 6.31. The van der Waals surface area contributed by atoms with Crippen molar-refractivity contribution in [3.05, 3.63) is 38.9 Å². The van der Waals surface area contributed by atoms with E-state index in [0.29, 0.717) is 24.7 Å². The molecule has 1 aromatic carbocycles. The molecule has 100 valence electrons. The number of non-ortho nitro benzene ring substituents is 1. The van der Waals surface area contributed by atoms with Crippen LogP contribution in [0.3, 0.4) is 0 Å². The van der Waals surface area contributed by atoms with Crippen LogP contribution in [0.25, 0.3) is 0 Å². The summed E-state index contributed by atoms with van der Waals surface area (Å²) < 4.78 is 5.37. The summed E-state index contributed by atoms with van der Waals surface area (Å²) in [5.41, 5.74) is 0.767. The van der Waals surface area contributed by atoms with Gasteiger partial charge in [-0.1, -0.05) is 11.6 Å². The van der Waals surface area contributed by atoms with E-state index in [0.717, 1.165) is 5.56 Å². The maximum absolute atomic E-state index is 10.7. The third kappa shape index (κ3) is 4.60. The molecule has 1 aromatic rings. The van der Waals surface area contributed by atoms with Crippen molar-refractivity contribution in [2.75, 3.05) is 13.2 Å². The van der Waals surface area contributed by atoms with Gasteiger partial charge in [0.05, 0.1) is 11.0 Å². The second-order valence-electron chi connectivity index (χ2n) is 3.93. The molecular formula is C12H17ClN2O3. The van der Waals surface area contributed by atoms with E-state index in [2.05, 4.69) is 5.32 Å². The number of nitro groups is 1. The molecule has 0 bridgehead atoms. The summed E-state index contributed by atoms with van der Waals surface area (Å²) in [6.45, 7) is 5.73. The van der Waals surface area contributed by atoms with Gasteiger partial charge in [-0.15, -0.1) is 0 Å². The minimum absolute atomic E-state index is 0.0501. The van der Waals surface area contributed by atoms with E-state index in [1.807, 2.05) is 13.8 Å². The Morgan fingerprint density at radius 2 is 2.28 bits per heavy atom. The number of nitrogens with zero attached hydrogens (tertiary/aromatic N) is 1. The Hall–Kier alpha value is -1.17. The molecule has 0 radical (unpaired) electrons. The summed E-state index contributed by atoms with van der Waals surface area (Å²) in [7, 11) is 0. The van der Waals surface area contributed by atoms with Crippen molar-refractivity contribution in [3.8, 4) is 0 Å². The summed E-state index contributed by atoms with van der Waals surface area (Å²) >= 11 is 5.98. The van der Waals surface area contributed by atoms with Crippen molar-refractivity contribution in [2.45, 2.75) is 26.5 Å². The molecule has 0 aliphatic rings. The van der Waals surface area contributed by atoms with Crippen molar-refractivity contribution >= 4 is 17.3 Å².